The number of rotatable bonds is 6. The Hall–Kier alpha value is -1.26. The number of aliphatic imine (C=N–C) groups is 1. The Labute approximate surface area is 145 Å². The summed E-state index contributed by atoms with van der Waals surface area (Å²) in [5.41, 5.74) is 1.17. The highest BCUT2D eigenvalue weighted by Gasteiger charge is 2.18. The molecule has 0 saturated carbocycles. The third-order valence-corrected chi connectivity index (χ3v) is 4.85. The average Bonchev–Trinajstić information content (AvgIpc) is 2.59. The van der Waals surface area contributed by atoms with Crippen LogP contribution in [0.5, 0.6) is 0 Å². The van der Waals surface area contributed by atoms with E-state index in [4.69, 9.17) is 11.6 Å². The summed E-state index contributed by atoms with van der Waals surface area (Å²) in [7, 11) is 1.82. The van der Waals surface area contributed by atoms with E-state index in [0.717, 1.165) is 37.0 Å². The molecule has 5 heteroatoms. The van der Waals surface area contributed by atoms with Crippen LogP contribution in [0.4, 0.5) is 0 Å². The largest absolute Gasteiger partial charge is 0.356 e. The van der Waals surface area contributed by atoms with Gasteiger partial charge in [-0.3, -0.25) is 4.99 Å². The van der Waals surface area contributed by atoms with Crippen molar-refractivity contribution in [3.8, 4) is 0 Å². The van der Waals surface area contributed by atoms with Crippen molar-refractivity contribution in [3.63, 3.8) is 0 Å². The van der Waals surface area contributed by atoms with E-state index >= 15 is 0 Å². The third-order valence-electron chi connectivity index (χ3n) is 4.48. The van der Waals surface area contributed by atoms with Crippen molar-refractivity contribution >= 4 is 17.6 Å². The van der Waals surface area contributed by atoms with Crippen molar-refractivity contribution in [2.75, 3.05) is 39.8 Å². The molecule has 1 unspecified atom stereocenters. The van der Waals surface area contributed by atoms with E-state index in [1.165, 1.54) is 31.5 Å². The third kappa shape index (κ3) is 6.04. The first-order valence-electron chi connectivity index (χ1n) is 8.63. The predicted octanol–water partition coefficient (Wildman–Crippen LogP) is 2.78. The fourth-order valence-corrected chi connectivity index (χ4v) is 3.31. The minimum absolute atomic E-state index is 0.714. The first kappa shape index (κ1) is 18.1. The molecule has 128 valence electrons. The number of hydrogen-bond donors (Lipinski definition) is 2. The lowest BCUT2D eigenvalue weighted by molar-refractivity contribution is 0.183. The van der Waals surface area contributed by atoms with Crippen molar-refractivity contribution in [2.45, 2.75) is 26.2 Å². The van der Waals surface area contributed by atoms with Crippen molar-refractivity contribution in [1.29, 1.82) is 0 Å². The van der Waals surface area contributed by atoms with Crippen LogP contribution in [0.1, 0.15) is 25.3 Å². The summed E-state index contributed by atoms with van der Waals surface area (Å²) in [6.45, 7) is 7.65. The van der Waals surface area contributed by atoms with Gasteiger partial charge in [-0.25, -0.2) is 0 Å². The lowest BCUT2D eigenvalue weighted by Gasteiger charge is -2.32. The molecule has 23 heavy (non-hydrogen) atoms. The number of halogens is 1. The highest BCUT2D eigenvalue weighted by molar-refractivity contribution is 6.31. The second kappa shape index (κ2) is 9.78. The highest BCUT2D eigenvalue weighted by atomic mass is 35.5. The fourth-order valence-electron chi connectivity index (χ4n) is 3.08. The standard InChI is InChI=1S/C18H29ClN4/c1-3-23-12-6-7-15(14-23)13-22-18(20-2)21-11-10-16-8-4-5-9-17(16)19/h4-5,8-9,15H,3,6-7,10-14H2,1-2H3,(H2,20,21,22). The predicted molar refractivity (Wildman–Crippen MR) is 99.4 cm³/mol. The molecule has 0 radical (unpaired) electrons. The van der Waals surface area contributed by atoms with E-state index < -0.39 is 0 Å². The zero-order chi connectivity index (χ0) is 16.5. The molecule has 1 aromatic rings. The Morgan fingerprint density at radius 2 is 2.17 bits per heavy atom. The van der Waals surface area contributed by atoms with E-state index in [0.29, 0.717) is 5.92 Å². The second-order valence-corrected chi connectivity index (χ2v) is 6.53. The Bertz CT molecular complexity index is 504. The normalized spacial score (nSPS) is 19.6. The van der Waals surface area contributed by atoms with Crippen LogP contribution >= 0.6 is 11.6 Å². The maximum atomic E-state index is 6.19. The molecule has 2 N–H and O–H groups in total. The molecule has 2 rings (SSSR count). The topological polar surface area (TPSA) is 39.7 Å². The minimum atomic E-state index is 0.714. The lowest BCUT2D eigenvalue weighted by atomic mass is 9.98. The van der Waals surface area contributed by atoms with Gasteiger partial charge in [0.05, 0.1) is 0 Å². The van der Waals surface area contributed by atoms with E-state index in [1.54, 1.807) is 0 Å². The maximum absolute atomic E-state index is 6.19. The van der Waals surface area contributed by atoms with Gasteiger partial charge < -0.3 is 15.5 Å². The van der Waals surface area contributed by atoms with Gasteiger partial charge in [-0.2, -0.15) is 0 Å². The van der Waals surface area contributed by atoms with Crippen molar-refractivity contribution in [1.82, 2.24) is 15.5 Å². The molecule has 0 bridgehead atoms. The van der Waals surface area contributed by atoms with Crippen LogP contribution in [0.2, 0.25) is 5.02 Å². The molecule has 0 aliphatic carbocycles. The molecule has 1 aliphatic heterocycles. The highest BCUT2D eigenvalue weighted by Crippen LogP contribution is 2.15. The van der Waals surface area contributed by atoms with Crippen LogP contribution in [0.25, 0.3) is 0 Å². The quantitative estimate of drug-likeness (QED) is 0.620. The molecular formula is C18H29ClN4. The fraction of sp³-hybridized carbons (Fsp3) is 0.611. The van der Waals surface area contributed by atoms with Gasteiger partial charge >= 0.3 is 0 Å². The first-order valence-corrected chi connectivity index (χ1v) is 9.01. The number of likely N-dealkylation sites (tertiary alicyclic amines) is 1. The molecule has 0 amide bonds. The van der Waals surface area contributed by atoms with Crippen LogP contribution in [0.3, 0.4) is 0 Å². The number of benzene rings is 1. The molecule has 0 spiro atoms. The molecule has 1 aliphatic rings. The van der Waals surface area contributed by atoms with E-state index in [9.17, 15) is 0 Å². The molecule has 1 aromatic carbocycles. The number of guanidine groups is 1. The van der Waals surface area contributed by atoms with Crippen molar-refractivity contribution in [3.05, 3.63) is 34.9 Å². The van der Waals surface area contributed by atoms with Gasteiger partial charge in [-0.1, -0.05) is 36.7 Å². The van der Waals surface area contributed by atoms with Gasteiger partial charge in [-0.05, 0) is 49.9 Å². The van der Waals surface area contributed by atoms with Gasteiger partial charge in [0.15, 0.2) is 5.96 Å². The summed E-state index contributed by atoms with van der Waals surface area (Å²) in [4.78, 5) is 6.84. The van der Waals surface area contributed by atoms with Crippen LogP contribution in [0, 0.1) is 5.92 Å². The second-order valence-electron chi connectivity index (χ2n) is 6.12. The van der Waals surface area contributed by atoms with Crippen LogP contribution < -0.4 is 10.6 Å². The molecule has 0 aromatic heterocycles. The Morgan fingerprint density at radius 1 is 1.35 bits per heavy atom. The zero-order valence-corrected chi connectivity index (χ0v) is 15.1. The summed E-state index contributed by atoms with van der Waals surface area (Å²) in [5.74, 6) is 1.59. The van der Waals surface area contributed by atoms with Crippen LogP contribution in [0.15, 0.2) is 29.3 Å². The monoisotopic (exact) mass is 336 g/mol. The van der Waals surface area contributed by atoms with E-state index in [1.807, 2.05) is 25.2 Å². The summed E-state index contributed by atoms with van der Waals surface area (Å²) in [5, 5.41) is 7.67. The van der Waals surface area contributed by atoms with Gasteiger partial charge in [0.1, 0.15) is 0 Å². The van der Waals surface area contributed by atoms with Gasteiger partial charge in [0.2, 0.25) is 0 Å². The SMILES string of the molecule is CCN1CCCC(CNC(=NC)NCCc2ccccc2Cl)C1. The smallest absolute Gasteiger partial charge is 0.190 e. The Morgan fingerprint density at radius 3 is 2.91 bits per heavy atom. The van der Waals surface area contributed by atoms with Gasteiger partial charge in [0, 0.05) is 31.7 Å². The number of nitrogens with zero attached hydrogens (tertiary/aromatic N) is 2. The molecular weight excluding hydrogens is 308 g/mol. The number of piperidine rings is 1. The zero-order valence-electron chi connectivity index (χ0n) is 14.3. The van der Waals surface area contributed by atoms with Crippen LogP contribution in [-0.4, -0.2) is 50.6 Å². The Kier molecular flexibility index (Phi) is 7.69. The Balaban J connectivity index is 1.70. The summed E-state index contributed by atoms with van der Waals surface area (Å²) >= 11 is 6.19. The summed E-state index contributed by atoms with van der Waals surface area (Å²) in [6, 6.07) is 7.99. The van der Waals surface area contributed by atoms with Gasteiger partial charge in [-0.15, -0.1) is 0 Å². The molecule has 1 heterocycles. The molecule has 1 fully saturated rings. The van der Waals surface area contributed by atoms with Crippen molar-refractivity contribution in [2.24, 2.45) is 10.9 Å². The first-order chi connectivity index (χ1) is 11.2. The summed E-state index contributed by atoms with van der Waals surface area (Å²) in [6.07, 6.45) is 3.51. The van der Waals surface area contributed by atoms with E-state index in [2.05, 4.69) is 33.5 Å². The van der Waals surface area contributed by atoms with Crippen LogP contribution in [-0.2, 0) is 6.42 Å². The molecule has 4 nitrogen and oxygen atoms in total. The van der Waals surface area contributed by atoms with Gasteiger partial charge in [0.25, 0.3) is 0 Å². The average molecular weight is 337 g/mol. The molecule has 1 saturated heterocycles. The summed E-state index contributed by atoms with van der Waals surface area (Å²) < 4.78 is 0. The lowest BCUT2D eigenvalue weighted by Crippen LogP contribution is -2.44. The number of hydrogen-bond acceptors (Lipinski definition) is 2. The maximum Gasteiger partial charge on any atom is 0.190 e. The molecule has 1 atom stereocenters. The minimum Gasteiger partial charge on any atom is -0.356 e. The van der Waals surface area contributed by atoms with Crippen molar-refractivity contribution < 1.29 is 0 Å². The number of nitrogens with one attached hydrogen (secondary N) is 2. The van der Waals surface area contributed by atoms with E-state index in [-0.39, 0.29) is 0 Å².